The smallest absolute Gasteiger partial charge is 0.326 e. The highest BCUT2D eigenvalue weighted by Crippen LogP contribution is 2.21. The molecule has 0 aliphatic rings. The minimum Gasteiger partial charge on any atom is -0.480 e. The second kappa shape index (κ2) is 9.16. The number of hydrogen-bond donors (Lipinski definition) is 5. The molecule has 9 nitrogen and oxygen atoms in total. The lowest BCUT2D eigenvalue weighted by Gasteiger charge is -2.18. The molecule has 0 aliphatic carbocycles. The van der Waals surface area contributed by atoms with E-state index < -0.39 is 33.1 Å². The van der Waals surface area contributed by atoms with Crippen LogP contribution in [0.25, 0.3) is 10.8 Å². The predicted octanol–water partition coefficient (Wildman–Crippen LogP) is 0.994. The summed E-state index contributed by atoms with van der Waals surface area (Å²) in [6.45, 7) is 0. The van der Waals surface area contributed by atoms with Crippen LogP contribution in [0.1, 0.15) is 11.1 Å². The zero-order valence-corrected chi connectivity index (χ0v) is 17.7. The summed E-state index contributed by atoms with van der Waals surface area (Å²) in [6.07, 6.45) is -0.109. The number of rotatable bonds is 8. The molecule has 1 amide bonds. The van der Waals surface area contributed by atoms with Gasteiger partial charge in [0.15, 0.2) is 5.37 Å². The molecule has 3 aromatic carbocycles. The molecule has 0 fully saturated rings. The van der Waals surface area contributed by atoms with Gasteiger partial charge in [0.2, 0.25) is 9.84 Å². The van der Waals surface area contributed by atoms with Crippen molar-refractivity contribution in [1.29, 1.82) is 5.41 Å². The van der Waals surface area contributed by atoms with E-state index in [9.17, 15) is 23.1 Å². The van der Waals surface area contributed by atoms with Crippen molar-refractivity contribution in [3.8, 4) is 0 Å². The zero-order chi connectivity index (χ0) is 23.5. The second-order valence-corrected chi connectivity index (χ2v) is 9.26. The third-order valence-corrected chi connectivity index (χ3v) is 6.76. The summed E-state index contributed by atoms with van der Waals surface area (Å²) in [7, 11) is -4.25. The number of nitrogen functional groups attached to an aromatic ring is 1. The molecule has 3 rings (SSSR count). The van der Waals surface area contributed by atoms with E-state index in [0.717, 1.165) is 5.39 Å². The molecule has 0 saturated heterocycles. The lowest BCUT2D eigenvalue weighted by molar-refractivity contribution is -0.141. The first-order chi connectivity index (χ1) is 15.1. The summed E-state index contributed by atoms with van der Waals surface area (Å²) in [4.78, 5) is 24.1. The maximum absolute atomic E-state index is 12.9. The summed E-state index contributed by atoms with van der Waals surface area (Å²) in [6, 6.07) is 16.4. The molecule has 7 N–H and O–H groups in total. The van der Waals surface area contributed by atoms with Gasteiger partial charge in [-0.2, -0.15) is 0 Å². The molecule has 0 saturated carbocycles. The van der Waals surface area contributed by atoms with E-state index in [1.807, 2.05) is 12.1 Å². The first-order valence-corrected chi connectivity index (χ1v) is 11.1. The number of carboxylic acid groups (broad SMARTS) is 1. The van der Waals surface area contributed by atoms with Crippen molar-refractivity contribution < 1.29 is 23.1 Å². The first-order valence-electron chi connectivity index (χ1n) is 9.54. The molecule has 32 heavy (non-hydrogen) atoms. The maximum Gasteiger partial charge on any atom is 0.326 e. The van der Waals surface area contributed by atoms with Crippen LogP contribution >= 0.6 is 0 Å². The standard InChI is InChI=1S/C22H22N4O5S/c23-19(24)15-7-5-13(6-8-15)11-18(22(28)29)26-21(27)20(25)32(30,31)17-10-9-14-3-1-2-4-16(14)12-17/h1-10,12,18,20H,11,25H2,(H3,23,24)(H,26,27)(H,28,29)/t18-,20?/m0/s1. The Balaban J connectivity index is 1.77. The summed E-state index contributed by atoms with van der Waals surface area (Å²) in [5, 5.41) is 18.6. The second-order valence-electron chi connectivity index (χ2n) is 7.19. The van der Waals surface area contributed by atoms with Gasteiger partial charge in [0, 0.05) is 12.0 Å². The molecule has 2 atom stereocenters. The summed E-state index contributed by atoms with van der Waals surface area (Å²) in [5.41, 5.74) is 12.1. The van der Waals surface area contributed by atoms with Crippen LogP contribution in [0.5, 0.6) is 0 Å². The molecule has 1 unspecified atom stereocenters. The number of amidine groups is 1. The Morgan fingerprint density at radius 2 is 1.62 bits per heavy atom. The predicted molar refractivity (Wildman–Crippen MR) is 120 cm³/mol. The molecule has 10 heteroatoms. The minimum atomic E-state index is -4.25. The van der Waals surface area contributed by atoms with Gasteiger partial charge in [-0.1, -0.05) is 54.6 Å². The zero-order valence-electron chi connectivity index (χ0n) is 16.9. The molecule has 0 heterocycles. The fraction of sp³-hybridized carbons (Fsp3) is 0.136. The first kappa shape index (κ1) is 22.9. The van der Waals surface area contributed by atoms with Crippen LogP contribution < -0.4 is 16.8 Å². The van der Waals surface area contributed by atoms with E-state index in [-0.39, 0.29) is 17.2 Å². The number of hydrogen-bond acceptors (Lipinski definition) is 6. The lowest BCUT2D eigenvalue weighted by Crippen LogP contribution is -2.52. The normalized spacial score (nSPS) is 13.3. The third-order valence-electron chi connectivity index (χ3n) is 4.96. The van der Waals surface area contributed by atoms with Crippen LogP contribution in [-0.4, -0.2) is 42.7 Å². The molecule has 0 aromatic heterocycles. The van der Waals surface area contributed by atoms with Crippen molar-refractivity contribution in [2.24, 2.45) is 11.5 Å². The molecular formula is C22H22N4O5S. The van der Waals surface area contributed by atoms with Gasteiger partial charge >= 0.3 is 5.97 Å². The van der Waals surface area contributed by atoms with Crippen molar-refractivity contribution >= 4 is 38.3 Å². The Morgan fingerprint density at radius 1 is 1.00 bits per heavy atom. The van der Waals surface area contributed by atoms with Crippen molar-refractivity contribution in [2.45, 2.75) is 22.7 Å². The number of aliphatic carboxylic acids is 1. The van der Waals surface area contributed by atoms with Crippen LogP contribution in [0, 0.1) is 5.41 Å². The van der Waals surface area contributed by atoms with Crippen LogP contribution in [0.15, 0.2) is 71.6 Å². The minimum absolute atomic E-state index is 0.109. The summed E-state index contributed by atoms with van der Waals surface area (Å²) >= 11 is 0. The Hall–Kier alpha value is -3.76. The topological polar surface area (TPSA) is 176 Å². The number of sulfone groups is 1. The Labute approximate surface area is 184 Å². The quantitative estimate of drug-likeness (QED) is 0.249. The number of carboxylic acids is 1. The van der Waals surface area contributed by atoms with E-state index in [1.54, 1.807) is 42.5 Å². The maximum atomic E-state index is 12.9. The molecule has 0 bridgehead atoms. The molecular weight excluding hydrogens is 432 g/mol. The van der Waals surface area contributed by atoms with Crippen molar-refractivity contribution in [3.63, 3.8) is 0 Å². The van der Waals surface area contributed by atoms with Crippen LogP contribution in [0.4, 0.5) is 0 Å². The van der Waals surface area contributed by atoms with Gasteiger partial charge in [0.05, 0.1) is 4.90 Å². The summed E-state index contributed by atoms with van der Waals surface area (Å²) < 4.78 is 25.7. The van der Waals surface area contributed by atoms with Gasteiger partial charge in [0.25, 0.3) is 5.91 Å². The number of benzene rings is 3. The van der Waals surface area contributed by atoms with Gasteiger partial charge in [-0.25, -0.2) is 13.2 Å². The van der Waals surface area contributed by atoms with Crippen molar-refractivity contribution in [2.75, 3.05) is 0 Å². The highest BCUT2D eigenvalue weighted by molar-refractivity contribution is 7.92. The fourth-order valence-electron chi connectivity index (χ4n) is 3.14. The molecule has 3 aromatic rings. The highest BCUT2D eigenvalue weighted by Gasteiger charge is 2.33. The Kier molecular flexibility index (Phi) is 6.56. The summed E-state index contributed by atoms with van der Waals surface area (Å²) in [5.74, 6) is -2.60. The van der Waals surface area contributed by atoms with Gasteiger partial charge in [-0.15, -0.1) is 0 Å². The highest BCUT2D eigenvalue weighted by atomic mass is 32.2. The fourth-order valence-corrected chi connectivity index (χ4v) is 4.33. The third kappa shape index (κ3) is 4.93. The van der Waals surface area contributed by atoms with E-state index >= 15 is 0 Å². The molecule has 0 spiro atoms. The van der Waals surface area contributed by atoms with Gasteiger partial charge in [-0.05, 0) is 28.5 Å². The van der Waals surface area contributed by atoms with Crippen molar-refractivity contribution in [3.05, 3.63) is 77.9 Å². The number of amides is 1. The number of fused-ring (bicyclic) bond motifs is 1. The van der Waals surface area contributed by atoms with E-state index in [4.69, 9.17) is 16.9 Å². The van der Waals surface area contributed by atoms with Crippen molar-refractivity contribution in [1.82, 2.24) is 5.32 Å². The SMILES string of the molecule is N=C(N)c1ccc(C[C@H](NC(=O)C(N)S(=O)(=O)c2ccc3ccccc3c2)C(=O)O)cc1. The van der Waals surface area contributed by atoms with Crippen LogP contribution in [0.2, 0.25) is 0 Å². The molecule has 166 valence electrons. The monoisotopic (exact) mass is 454 g/mol. The molecule has 0 aliphatic heterocycles. The molecule has 0 radical (unpaired) electrons. The Morgan fingerprint density at radius 3 is 2.22 bits per heavy atom. The lowest BCUT2D eigenvalue weighted by atomic mass is 10.0. The number of nitrogens with two attached hydrogens (primary N) is 2. The largest absolute Gasteiger partial charge is 0.480 e. The number of carbonyl (C=O) groups excluding carboxylic acids is 1. The van der Waals surface area contributed by atoms with E-state index in [0.29, 0.717) is 16.5 Å². The average Bonchev–Trinajstić information content (AvgIpc) is 2.77. The van der Waals surface area contributed by atoms with E-state index in [2.05, 4.69) is 5.32 Å². The van der Waals surface area contributed by atoms with Gasteiger partial charge < -0.3 is 21.9 Å². The van der Waals surface area contributed by atoms with E-state index in [1.165, 1.54) is 12.1 Å². The number of nitrogens with one attached hydrogen (secondary N) is 2. The van der Waals surface area contributed by atoms with Crippen LogP contribution in [-0.2, 0) is 25.8 Å². The average molecular weight is 455 g/mol. The van der Waals surface area contributed by atoms with Crippen LogP contribution in [0.3, 0.4) is 0 Å². The van der Waals surface area contributed by atoms with Gasteiger partial charge in [0.1, 0.15) is 11.9 Å². The number of carbonyl (C=O) groups is 2. The Bertz CT molecular complexity index is 1290. The van der Waals surface area contributed by atoms with Gasteiger partial charge in [-0.3, -0.25) is 10.2 Å².